The second-order valence-electron chi connectivity index (χ2n) is 2.01. The highest BCUT2D eigenvalue weighted by Crippen LogP contribution is 1.99. The lowest BCUT2D eigenvalue weighted by molar-refractivity contribution is -0.0888. The van der Waals surface area contributed by atoms with E-state index in [1.54, 1.807) is 13.0 Å². The van der Waals surface area contributed by atoms with Gasteiger partial charge in [-0.3, -0.25) is 0 Å². The predicted octanol–water partition coefficient (Wildman–Crippen LogP) is 0.542. The van der Waals surface area contributed by atoms with Gasteiger partial charge in [0.05, 0.1) is 6.10 Å². The van der Waals surface area contributed by atoms with Crippen molar-refractivity contribution in [2.24, 2.45) is 0 Å². The Bertz CT molecular complexity index is 90.9. The summed E-state index contributed by atoms with van der Waals surface area (Å²) < 4.78 is 9.65. The maximum atomic E-state index is 8.99. The highest BCUT2D eigenvalue weighted by atomic mass is 16.7. The minimum atomic E-state index is -0.535. The molecule has 10 heavy (non-hydrogen) atoms. The van der Waals surface area contributed by atoms with Crippen molar-refractivity contribution in [1.29, 1.82) is 0 Å². The van der Waals surface area contributed by atoms with Gasteiger partial charge in [0.1, 0.15) is 12.9 Å². The third kappa shape index (κ3) is 3.61. The second-order valence-corrected chi connectivity index (χ2v) is 2.01. The van der Waals surface area contributed by atoms with Gasteiger partial charge in [-0.05, 0) is 6.92 Å². The van der Waals surface area contributed by atoms with Crippen molar-refractivity contribution in [3.63, 3.8) is 0 Å². The summed E-state index contributed by atoms with van der Waals surface area (Å²) in [4.78, 5) is 0. The standard InChI is InChI=1S/C7H14O3/c1-4-7(6(2)8)10-5-9-3/h4,6-8H,1,5H2,2-3H3/t6-,7+/m1/s1. The van der Waals surface area contributed by atoms with E-state index in [1.807, 2.05) is 0 Å². The van der Waals surface area contributed by atoms with Crippen LogP contribution in [0.1, 0.15) is 6.92 Å². The summed E-state index contributed by atoms with van der Waals surface area (Å²) in [7, 11) is 1.53. The molecule has 0 fully saturated rings. The van der Waals surface area contributed by atoms with Crippen LogP contribution in [0.3, 0.4) is 0 Å². The van der Waals surface area contributed by atoms with Crippen LogP contribution < -0.4 is 0 Å². The average Bonchev–Trinajstić information content (AvgIpc) is 1.89. The summed E-state index contributed by atoms with van der Waals surface area (Å²) in [5, 5.41) is 8.99. The van der Waals surface area contributed by atoms with Crippen molar-refractivity contribution in [3.8, 4) is 0 Å². The van der Waals surface area contributed by atoms with Gasteiger partial charge in [0, 0.05) is 7.11 Å². The van der Waals surface area contributed by atoms with Crippen molar-refractivity contribution >= 4 is 0 Å². The van der Waals surface area contributed by atoms with Gasteiger partial charge in [-0.15, -0.1) is 6.58 Å². The number of hydrogen-bond donors (Lipinski definition) is 1. The van der Waals surface area contributed by atoms with Gasteiger partial charge in [0.2, 0.25) is 0 Å². The predicted molar refractivity (Wildman–Crippen MR) is 38.6 cm³/mol. The van der Waals surface area contributed by atoms with E-state index < -0.39 is 6.10 Å². The molecule has 1 N–H and O–H groups in total. The van der Waals surface area contributed by atoms with Gasteiger partial charge in [-0.1, -0.05) is 6.08 Å². The summed E-state index contributed by atoms with van der Waals surface area (Å²) in [6, 6.07) is 0. The van der Waals surface area contributed by atoms with Crippen molar-refractivity contribution in [2.75, 3.05) is 13.9 Å². The van der Waals surface area contributed by atoms with Crippen LogP contribution in [-0.2, 0) is 9.47 Å². The Morgan fingerprint density at radius 3 is 2.60 bits per heavy atom. The Morgan fingerprint density at radius 1 is 1.70 bits per heavy atom. The van der Waals surface area contributed by atoms with Crippen LogP contribution in [0.15, 0.2) is 12.7 Å². The van der Waals surface area contributed by atoms with Crippen LogP contribution in [0.4, 0.5) is 0 Å². The lowest BCUT2D eigenvalue weighted by Crippen LogP contribution is -2.24. The molecule has 0 aromatic carbocycles. The molecule has 0 saturated carbocycles. The third-order valence-electron chi connectivity index (χ3n) is 1.09. The Morgan fingerprint density at radius 2 is 2.30 bits per heavy atom. The number of aliphatic hydroxyl groups is 1. The van der Waals surface area contributed by atoms with Gasteiger partial charge in [0.25, 0.3) is 0 Å². The van der Waals surface area contributed by atoms with Crippen LogP contribution in [0.25, 0.3) is 0 Å². The molecular weight excluding hydrogens is 132 g/mol. The maximum Gasteiger partial charge on any atom is 0.147 e. The third-order valence-corrected chi connectivity index (χ3v) is 1.09. The molecule has 3 nitrogen and oxygen atoms in total. The lowest BCUT2D eigenvalue weighted by Gasteiger charge is -2.15. The van der Waals surface area contributed by atoms with E-state index in [0.717, 1.165) is 0 Å². The monoisotopic (exact) mass is 146 g/mol. The molecule has 0 aromatic heterocycles. The number of aliphatic hydroxyl groups excluding tert-OH is 1. The zero-order valence-electron chi connectivity index (χ0n) is 6.41. The first-order valence-electron chi connectivity index (χ1n) is 3.13. The Hall–Kier alpha value is -0.380. The van der Waals surface area contributed by atoms with Gasteiger partial charge >= 0.3 is 0 Å². The molecule has 0 amide bonds. The zero-order chi connectivity index (χ0) is 7.98. The fourth-order valence-corrected chi connectivity index (χ4v) is 0.551. The molecule has 0 heterocycles. The van der Waals surface area contributed by atoms with E-state index in [-0.39, 0.29) is 12.9 Å². The molecule has 0 aliphatic carbocycles. The van der Waals surface area contributed by atoms with E-state index >= 15 is 0 Å². The van der Waals surface area contributed by atoms with Crippen molar-refractivity contribution in [3.05, 3.63) is 12.7 Å². The molecule has 0 rings (SSSR count). The van der Waals surface area contributed by atoms with Crippen LogP contribution in [-0.4, -0.2) is 31.2 Å². The molecule has 0 aliphatic heterocycles. The van der Waals surface area contributed by atoms with Crippen LogP contribution in [0.2, 0.25) is 0 Å². The number of rotatable bonds is 5. The SMILES string of the molecule is C=C[C@H](OCOC)[C@@H](C)O. The van der Waals surface area contributed by atoms with Crippen molar-refractivity contribution < 1.29 is 14.6 Å². The van der Waals surface area contributed by atoms with Crippen molar-refractivity contribution in [1.82, 2.24) is 0 Å². The first-order chi connectivity index (χ1) is 4.72. The molecule has 0 saturated heterocycles. The number of ether oxygens (including phenoxy) is 2. The maximum absolute atomic E-state index is 8.99. The van der Waals surface area contributed by atoms with Gasteiger partial charge in [-0.25, -0.2) is 0 Å². The molecule has 0 aromatic rings. The highest BCUT2D eigenvalue weighted by Gasteiger charge is 2.09. The molecule has 0 aliphatic rings. The van der Waals surface area contributed by atoms with E-state index in [1.165, 1.54) is 7.11 Å². The zero-order valence-corrected chi connectivity index (χ0v) is 6.41. The average molecular weight is 146 g/mol. The van der Waals surface area contributed by atoms with E-state index in [0.29, 0.717) is 0 Å². The summed E-state index contributed by atoms with van der Waals surface area (Å²) in [5.74, 6) is 0. The highest BCUT2D eigenvalue weighted by molar-refractivity contribution is 4.83. The topological polar surface area (TPSA) is 38.7 Å². The quantitative estimate of drug-likeness (QED) is 0.454. The van der Waals surface area contributed by atoms with Crippen molar-refractivity contribution in [2.45, 2.75) is 19.1 Å². The Labute approximate surface area is 61.3 Å². The minimum Gasteiger partial charge on any atom is -0.390 e. The summed E-state index contributed by atoms with van der Waals surface area (Å²) >= 11 is 0. The smallest absolute Gasteiger partial charge is 0.147 e. The molecule has 60 valence electrons. The Balaban J connectivity index is 3.50. The van der Waals surface area contributed by atoms with Gasteiger partial charge < -0.3 is 14.6 Å². The normalized spacial score (nSPS) is 16.3. The first kappa shape index (κ1) is 9.62. The van der Waals surface area contributed by atoms with Gasteiger partial charge in [0.15, 0.2) is 0 Å². The molecule has 3 heteroatoms. The molecule has 0 radical (unpaired) electrons. The molecule has 2 atom stereocenters. The fraction of sp³-hybridized carbons (Fsp3) is 0.714. The molecule has 0 bridgehead atoms. The van der Waals surface area contributed by atoms with Crippen LogP contribution >= 0.6 is 0 Å². The summed E-state index contributed by atoms with van der Waals surface area (Å²) in [5.41, 5.74) is 0. The van der Waals surface area contributed by atoms with Gasteiger partial charge in [-0.2, -0.15) is 0 Å². The first-order valence-corrected chi connectivity index (χ1v) is 3.13. The van der Waals surface area contributed by atoms with Crippen LogP contribution in [0, 0.1) is 0 Å². The summed E-state index contributed by atoms with van der Waals surface area (Å²) in [6.45, 7) is 5.32. The number of methoxy groups -OCH3 is 1. The summed E-state index contributed by atoms with van der Waals surface area (Å²) in [6.07, 6.45) is 0.677. The Kier molecular flexibility index (Phi) is 5.20. The lowest BCUT2D eigenvalue weighted by atomic mass is 10.2. The largest absolute Gasteiger partial charge is 0.390 e. The second kappa shape index (κ2) is 5.41. The molecule has 0 unspecified atom stereocenters. The minimum absolute atomic E-state index is 0.182. The van der Waals surface area contributed by atoms with E-state index in [9.17, 15) is 0 Å². The van der Waals surface area contributed by atoms with Crippen LogP contribution in [0.5, 0.6) is 0 Å². The van der Waals surface area contributed by atoms with E-state index in [2.05, 4.69) is 11.3 Å². The van der Waals surface area contributed by atoms with E-state index in [4.69, 9.17) is 9.84 Å². The molecule has 0 spiro atoms. The number of hydrogen-bond acceptors (Lipinski definition) is 3. The fourth-order valence-electron chi connectivity index (χ4n) is 0.551. The molecular formula is C7H14O3.